The molecule has 10 heteroatoms. The molecule has 0 spiro atoms. The number of ether oxygens (including phenoxy) is 1. The van der Waals surface area contributed by atoms with Crippen LogP contribution in [0.2, 0.25) is 0 Å². The zero-order valence-electron chi connectivity index (χ0n) is 18.1. The summed E-state index contributed by atoms with van der Waals surface area (Å²) in [5.41, 5.74) is 1.64. The Hall–Kier alpha value is -2.72. The molecule has 0 bridgehead atoms. The first-order valence-electron chi connectivity index (χ1n) is 10.4. The highest BCUT2D eigenvalue weighted by Crippen LogP contribution is 2.40. The van der Waals surface area contributed by atoms with Gasteiger partial charge in [0, 0.05) is 17.6 Å². The fourth-order valence-corrected chi connectivity index (χ4v) is 6.14. The van der Waals surface area contributed by atoms with Crippen LogP contribution >= 0.6 is 23.1 Å². The van der Waals surface area contributed by atoms with Crippen molar-refractivity contribution in [2.45, 2.75) is 44.8 Å². The third-order valence-electron chi connectivity index (χ3n) is 5.50. The molecular weight excluding hydrogens is 448 g/mol. The van der Waals surface area contributed by atoms with E-state index in [1.54, 1.807) is 18.3 Å². The van der Waals surface area contributed by atoms with Gasteiger partial charge in [0.2, 0.25) is 5.91 Å². The Balaban J connectivity index is 1.55. The minimum atomic E-state index is -0.429. The molecule has 0 radical (unpaired) electrons. The molecule has 1 atom stereocenters. The van der Waals surface area contributed by atoms with Gasteiger partial charge in [0.15, 0.2) is 10.8 Å². The van der Waals surface area contributed by atoms with Crippen molar-refractivity contribution in [2.24, 2.45) is 5.92 Å². The number of hydrogen-bond acceptors (Lipinski definition) is 8. The number of hydrogen-bond donors (Lipinski definition) is 1. The lowest BCUT2D eigenvalue weighted by Crippen LogP contribution is -2.24. The molecule has 0 aliphatic heterocycles. The summed E-state index contributed by atoms with van der Waals surface area (Å²) in [4.78, 5) is 47.7. The highest BCUT2D eigenvalue weighted by Gasteiger charge is 2.29. The Kier molecular flexibility index (Phi) is 6.61. The zero-order valence-corrected chi connectivity index (χ0v) is 19.8. The second-order valence-corrected chi connectivity index (χ2v) is 9.75. The highest BCUT2D eigenvalue weighted by atomic mass is 32.2. The van der Waals surface area contributed by atoms with Gasteiger partial charge in [-0.1, -0.05) is 18.7 Å². The molecule has 3 aromatic heterocycles. The lowest BCUT2D eigenvalue weighted by Gasteiger charge is -2.18. The first-order chi connectivity index (χ1) is 15.4. The molecular formula is C22H24N4O4S2. The van der Waals surface area contributed by atoms with Gasteiger partial charge in [0.25, 0.3) is 5.56 Å². The van der Waals surface area contributed by atoms with E-state index >= 15 is 0 Å². The zero-order chi connectivity index (χ0) is 22.8. The highest BCUT2D eigenvalue weighted by molar-refractivity contribution is 7.99. The van der Waals surface area contributed by atoms with E-state index in [0.717, 1.165) is 29.7 Å². The largest absolute Gasteiger partial charge is 0.465 e. The van der Waals surface area contributed by atoms with Crippen molar-refractivity contribution in [1.29, 1.82) is 0 Å². The molecule has 0 saturated carbocycles. The molecule has 4 rings (SSSR count). The molecule has 32 heavy (non-hydrogen) atoms. The number of anilines is 1. The van der Waals surface area contributed by atoms with Gasteiger partial charge in [-0.15, -0.1) is 11.3 Å². The summed E-state index contributed by atoms with van der Waals surface area (Å²) < 4.78 is 6.51. The summed E-state index contributed by atoms with van der Waals surface area (Å²) in [6, 6.07) is 3.39. The normalized spacial score (nSPS) is 15.4. The van der Waals surface area contributed by atoms with Crippen LogP contribution in [0.1, 0.15) is 41.1 Å². The maximum absolute atomic E-state index is 12.8. The van der Waals surface area contributed by atoms with Crippen LogP contribution in [0.25, 0.3) is 11.0 Å². The van der Waals surface area contributed by atoms with Gasteiger partial charge in [-0.25, -0.2) is 14.8 Å². The maximum atomic E-state index is 12.8. The number of nitrogens with one attached hydrogen (secondary N) is 1. The monoisotopic (exact) mass is 472 g/mol. The number of thiophene rings is 1. The second kappa shape index (κ2) is 9.41. The number of rotatable bonds is 6. The third kappa shape index (κ3) is 4.29. The number of esters is 1. The molecule has 0 aromatic carbocycles. The molecule has 8 nitrogen and oxygen atoms in total. The van der Waals surface area contributed by atoms with Gasteiger partial charge in [-0.2, -0.15) is 0 Å². The van der Waals surface area contributed by atoms with Crippen LogP contribution < -0.4 is 10.9 Å². The minimum Gasteiger partial charge on any atom is -0.465 e. The maximum Gasteiger partial charge on any atom is 0.341 e. The number of methoxy groups -OCH3 is 1. The first-order valence-corrected chi connectivity index (χ1v) is 12.2. The van der Waals surface area contributed by atoms with Crippen LogP contribution in [0.4, 0.5) is 5.00 Å². The Morgan fingerprint density at radius 1 is 1.41 bits per heavy atom. The smallest absolute Gasteiger partial charge is 0.341 e. The molecule has 0 fully saturated rings. The van der Waals surface area contributed by atoms with Crippen LogP contribution in [0.15, 0.2) is 28.3 Å². The number of carbonyl (C=O) groups excluding carboxylic acids is 2. The van der Waals surface area contributed by atoms with Crippen molar-refractivity contribution in [3.05, 3.63) is 44.7 Å². The van der Waals surface area contributed by atoms with E-state index in [0.29, 0.717) is 39.2 Å². The molecule has 1 amide bonds. The van der Waals surface area contributed by atoms with Gasteiger partial charge in [-0.05, 0) is 49.8 Å². The summed E-state index contributed by atoms with van der Waals surface area (Å²) in [5.74, 6) is -0.110. The fourth-order valence-electron chi connectivity index (χ4n) is 3.87. The molecule has 168 valence electrons. The number of carbonyl (C=O) groups is 2. The third-order valence-corrected chi connectivity index (χ3v) is 7.64. The summed E-state index contributed by atoms with van der Waals surface area (Å²) in [5, 5.41) is 4.30. The average molecular weight is 473 g/mol. The van der Waals surface area contributed by atoms with E-state index in [1.165, 1.54) is 34.8 Å². The van der Waals surface area contributed by atoms with E-state index in [1.807, 2.05) is 6.92 Å². The van der Waals surface area contributed by atoms with Crippen LogP contribution in [-0.2, 0) is 28.9 Å². The van der Waals surface area contributed by atoms with Crippen molar-refractivity contribution in [3.8, 4) is 0 Å². The standard InChI is InChI=1S/C22H24N4O4S2/c1-4-26-20(28)14-6-5-9-23-18(14)25-22(26)31-11-16(27)24-19-17(21(29)30-3)13-8-7-12(2)10-15(13)32-19/h5-6,9,12H,4,7-8,10-11H2,1-3H3,(H,24,27)/t12-/m0/s1. The Bertz CT molecular complexity index is 1250. The van der Waals surface area contributed by atoms with Crippen molar-refractivity contribution >= 4 is 51.0 Å². The van der Waals surface area contributed by atoms with E-state index < -0.39 is 5.97 Å². The Morgan fingerprint density at radius 3 is 2.97 bits per heavy atom. The summed E-state index contributed by atoms with van der Waals surface area (Å²) in [7, 11) is 1.35. The summed E-state index contributed by atoms with van der Waals surface area (Å²) >= 11 is 2.62. The fraction of sp³-hybridized carbons (Fsp3) is 0.409. The molecule has 1 N–H and O–H groups in total. The molecule has 1 aliphatic rings. The number of nitrogens with zero attached hydrogens (tertiary/aromatic N) is 3. The van der Waals surface area contributed by atoms with Gasteiger partial charge in [0.1, 0.15) is 5.00 Å². The van der Waals surface area contributed by atoms with Crippen LogP contribution in [-0.4, -0.2) is 39.3 Å². The molecule has 3 heterocycles. The molecule has 1 aliphatic carbocycles. The van der Waals surface area contributed by atoms with Crippen molar-refractivity contribution in [2.75, 3.05) is 18.2 Å². The van der Waals surface area contributed by atoms with E-state index in [2.05, 4.69) is 22.2 Å². The van der Waals surface area contributed by atoms with E-state index in [4.69, 9.17) is 4.74 Å². The predicted octanol–water partition coefficient (Wildman–Crippen LogP) is 3.52. The first kappa shape index (κ1) is 22.5. The van der Waals surface area contributed by atoms with Crippen LogP contribution in [0.5, 0.6) is 0 Å². The van der Waals surface area contributed by atoms with Crippen LogP contribution in [0.3, 0.4) is 0 Å². The minimum absolute atomic E-state index is 0.0460. The van der Waals surface area contributed by atoms with E-state index in [9.17, 15) is 14.4 Å². The SMILES string of the molecule is CCn1c(SCC(=O)Nc2sc3c(c2C(=O)OC)CC[C@H](C)C3)nc2ncccc2c1=O. The number of amides is 1. The van der Waals surface area contributed by atoms with E-state index in [-0.39, 0.29) is 17.2 Å². The van der Waals surface area contributed by atoms with Crippen molar-refractivity contribution < 1.29 is 14.3 Å². The Labute approximate surface area is 193 Å². The quantitative estimate of drug-likeness (QED) is 0.333. The molecule has 0 saturated heterocycles. The Morgan fingerprint density at radius 2 is 2.22 bits per heavy atom. The predicted molar refractivity (Wildman–Crippen MR) is 126 cm³/mol. The van der Waals surface area contributed by atoms with Crippen molar-refractivity contribution in [3.63, 3.8) is 0 Å². The number of thioether (sulfide) groups is 1. The molecule has 3 aromatic rings. The second-order valence-electron chi connectivity index (χ2n) is 7.70. The van der Waals surface area contributed by atoms with Gasteiger partial charge < -0.3 is 10.1 Å². The molecule has 0 unspecified atom stereocenters. The lowest BCUT2D eigenvalue weighted by molar-refractivity contribution is -0.113. The number of pyridine rings is 1. The van der Waals surface area contributed by atoms with Crippen LogP contribution in [0, 0.1) is 5.92 Å². The van der Waals surface area contributed by atoms with Gasteiger partial charge in [0.05, 0.1) is 23.8 Å². The summed E-state index contributed by atoms with van der Waals surface area (Å²) in [6.07, 6.45) is 4.29. The van der Waals surface area contributed by atoms with Crippen molar-refractivity contribution in [1.82, 2.24) is 14.5 Å². The average Bonchev–Trinajstić information content (AvgIpc) is 3.13. The topological polar surface area (TPSA) is 103 Å². The lowest BCUT2D eigenvalue weighted by atomic mass is 9.88. The summed E-state index contributed by atoms with van der Waals surface area (Å²) in [6.45, 7) is 4.48. The number of aromatic nitrogens is 3. The number of fused-ring (bicyclic) bond motifs is 2. The van der Waals surface area contributed by atoms with Gasteiger partial charge in [-0.3, -0.25) is 14.2 Å². The van der Waals surface area contributed by atoms with Gasteiger partial charge >= 0.3 is 5.97 Å².